The van der Waals surface area contributed by atoms with Crippen LogP contribution in [0.5, 0.6) is 0 Å². The molecular weight excluding hydrogens is 276 g/mol. The van der Waals surface area contributed by atoms with Crippen molar-refractivity contribution < 1.29 is 8.78 Å². The standard InChI is InChI=1S/C16H21F2NS/c1-9(2)5-12-13-6-11(17)7-14(18)16(13)20-15(12)8-19-10(3)4/h6-7,9-10,19H,5,8H2,1-4H3. The van der Waals surface area contributed by atoms with Crippen LogP contribution in [0.3, 0.4) is 0 Å². The molecule has 0 unspecified atom stereocenters. The van der Waals surface area contributed by atoms with Gasteiger partial charge in [-0.3, -0.25) is 0 Å². The largest absolute Gasteiger partial charge is 0.310 e. The minimum Gasteiger partial charge on any atom is -0.310 e. The molecule has 1 aromatic carbocycles. The zero-order valence-electron chi connectivity index (χ0n) is 12.4. The molecule has 0 radical (unpaired) electrons. The van der Waals surface area contributed by atoms with Gasteiger partial charge in [0.05, 0.1) is 4.70 Å². The van der Waals surface area contributed by atoms with Crippen LogP contribution in [0, 0.1) is 17.6 Å². The second-order valence-corrected chi connectivity index (χ2v) is 7.01. The summed E-state index contributed by atoms with van der Waals surface area (Å²) in [7, 11) is 0. The van der Waals surface area contributed by atoms with Gasteiger partial charge in [0.25, 0.3) is 0 Å². The molecule has 0 saturated carbocycles. The van der Waals surface area contributed by atoms with Crippen molar-refractivity contribution in [3.05, 3.63) is 34.2 Å². The molecule has 0 fully saturated rings. The molecule has 0 atom stereocenters. The summed E-state index contributed by atoms with van der Waals surface area (Å²) in [6.45, 7) is 9.11. The lowest BCUT2D eigenvalue weighted by atomic mass is 9.99. The Balaban J connectivity index is 2.51. The van der Waals surface area contributed by atoms with Crippen molar-refractivity contribution in [2.75, 3.05) is 0 Å². The molecule has 2 aromatic rings. The normalized spacial score (nSPS) is 12.0. The Hall–Kier alpha value is -1.00. The second kappa shape index (κ2) is 6.19. The maximum Gasteiger partial charge on any atom is 0.143 e. The number of rotatable bonds is 5. The molecular formula is C16H21F2NS. The van der Waals surface area contributed by atoms with Gasteiger partial charge in [0.2, 0.25) is 0 Å². The van der Waals surface area contributed by atoms with Gasteiger partial charge in [-0.1, -0.05) is 27.7 Å². The number of benzene rings is 1. The van der Waals surface area contributed by atoms with E-state index in [1.165, 1.54) is 17.4 Å². The third-order valence-electron chi connectivity index (χ3n) is 3.18. The van der Waals surface area contributed by atoms with Crippen LogP contribution in [-0.2, 0) is 13.0 Å². The molecule has 0 aliphatic heterocycles. The summed E-state index contributed by atoms with van der Waals surface area (Å²) in [6, 6.07) is 2.80. The Kier molecular flexibility index (Phi) is 4.76. The maximum atomic E-state index is 13.9. The van der Waals surface area contributed by atoms with Gasteiger partial charge in [-0.05, 0) is 24.0 Å². The highest BCUT2D eigenvalue weighted by atomic mass is 32.1. The fourth-order valence-corrected chi connectivity index (χ4v) is 3.46. The molecule has 0 saturated heterocycles. The van der Waals surface area contributed by atoms with Crippen LogP contribution >= 0.6 is 11.3 Å². The van der Waals surface area contributed by atoms with E-state index in [9.17, 15) is 8.78 Å². The first-order valence-electron chi connectivity index (χ1n) is 7.01. The van der Waals surface area contributed by atoms with Crippen molar-refractivity contribution in [1.29, 1.82) is 0 Å². The maximum absolute atomic E-state index is 13.9. The van der Waals surface area contributed by atoms with E-state index >= 15 is 0 Å². The SMILES string of the molecule is CC(C)Cc1c(CNC(C)C)sc2c(F)cc(F)cc12. The van der Waals surface area contributed by atoms with Gasteiger partial charge >= 0.3 is 0 Å². The number of thiophene rings is 1. The molecule has 1 nitrogen and oxygen atoms in total. The summed E-state index contributed by atoms with van der Waals surface area (Å²) in [5.74, 6) is -0.496. The topological polar surface area (TPSA) is 12.0 Å². The van der Waals surface area contributed by atoms with E-state index in [1.54, 1.807) is 0 Å². The molecule has 0 bridgehead atoms. The average molecular weight is 297 g/mol. The minimum atomic E-state index is -0.499. The first-order valence-corrected chi connectivity index (χ1v) is 7.82. The molecule has 0 aliphatic rings. The van der Waals surface area contributed by atoms with Crippen LogP contribution in [0.25, 0.3) is 10.1 Å². The highest BCUT2D eigenvalue weighted by Crippen LogP contribution is 2.35. The predicted octanol–water partition coefficient (Wildman–Crippen LogP) is 4.88. The second-order valence-electron chi connectivity index (χ2n) is 5.90. The van der Waals surface area contributed by atoms with Crippen LogP contribution in [0.15, 0.2) is 12.1 Å². The van der Waals surface area contributed by atoms with Crippen molar-refractivity contribution in [3.63, 3.8) is 0 Å². The molecule has 1 aromatic heterocycles. The first-order chi connectivity index (χ1) is 9.38. The lowest BCUT2D eigenvalue weighted by Crippen LogP contribution is -2.21. The van der Waals surface area contributed by atoms with Crippen LogP contribution < -0.4 is 5.32 Å². The molecule has 0 aliphatic carbocycles. The molecule has 0 amide bonds. The van der Waals surface area contributed by atoms with Gasteiger partial charge in [0, 0.05) is 28.9 Å². The van der Waals surface area contributed by atoms with Crippen LogP contribution in [-0.4, -0.2) is 6.04 Å². The Labute approximate surface area is 123 Å². The van der Waals surface area contributed by atoms with E-state index in [-0.39, 0.29) is 0 Å². The van der Waals surface area contributed by atoms with E-state index in [0.29, 0.717) is 23.2 Å². The van der Waals surface area contributed by atoms with E-state index in [0.717, 1.165) is 28.3 Å². The molecule has 4 heteroatoms. The van der Waals surface area contributed by atoms with E-state index < -0.39 is 11.6 Å². The average Bonchev–Trinajstić information content (AvgIpc) is 2.65. The zero-order chi connectivity index (χ0) is 14.9. The highest BCUT2D eigenvalue weighted by molar-refractivity contribution is 7.19. The number of fused-ring (bicyclic) bond motifs is 1. The Morgan fingerprint density at radius 1 is 1.15 bits per heavy atom. The summed E-state index contributed by atoms with van der Waals surface area (Å²) < 4.78 is 28.0. The quantitative estimate of drug-likeness (QED) is 0.829. The van der Waals surface area contributed by atoms with Crippen LogP contribution in [0.4, 0.5) is 8.78 Å². The Morgan fingerprint density at radius 2 is 1.85 bits per heavy atom. The van der Waals surface area contributed by atoms with Crippen molar-refractivity contribution in [3.8, 4) is 0 Å². The number of nitrogens with one attached hydrogen (secondary N) is 1. The summed E-state index contributed by atoms with van der Waals surface area (Å²) in [5, 5.41) is 4.10. The van der Waals surface area contributed by atoms with E-state index in [4.69, 9.17) is 0 Å². The van der Waals surface area contributed by atoms with Gasteiger partial charge in [0.1, 0.15) is 11.6 Å². The van der Waals surface area contributed by atoms with E-state index in [2.05, 4.69) is 33.0 Å². The molecule has 2 rings (SSSR count). The molecule has 1 heterocycles. The fourth-order valence-electron chi connectivity index (χ4n) is 2.29. The molecule has 1 N–H and O–H groups in total. The lowest BCUT2D eigenvalue weighted by Gasteiger charge is -2.10. The zero-order valence-corrected chi connectivity index (χ0v) is 13.2. The fraction of sp³-hybridized carbons (Fsp3) is 0.500. The minimum absolute atomic E-state index is 0.369. The van der Waals surface area contributed by atoms with Crippen LogP contribution in [0.1, 0.15) is 38.1 Å². The van der Waals surface area contributed by atoms with Crippen molar-refractivity contribution >= 4 is 21.4 Å². The summed E-state index contributed by atoms with van der Waals surface area (Å²) in [6.07, 6.45) is 0.845. The first kappa shape index (κ1) is 15.4. The van der Waals surface area contributed by atoms with Gasteiger partial charge in [-0.2, -0.15) is 0 Å². The lowest BCUT2D eigenvalue weighted by molar-refractivity contribution is 0.584. The van der Waals surface area contributed by atoms with Gasteiger partial charge in [0.15, 0.2) is 0 Å². The third kappa shape index (κ3) is 3.36. The van der Waals surface area contributed by atoms with Gasteiger partial charge in [-0.15, -0.1) is 11.3 Å². The monoisotopic (exact) mass is 297 g/mol. The Morgan fingerprint density at radius 3 is 2.45 bits per heavy atom. The van der Waals surface area contributed by atoms with E-state index in [1.807, 2.05) is 0 Å². The molecule has 20 heavy (non-hydrogen) atoms. The molecule has 110 valence electrons. The van der Waals surface area contributed by atoms with Gasteiger partial charge < -0.3 is 5.32 Å². The smallest absolute Gasteiger partial charge is 0.143 e. The van der Waals surface area contributed by atoms with Crippen molar-refractivity contribution in [1.82, 2.24) is 5.32 Å². The summed E-state index contributed by atoms with van der Waals surface area (Å²) >= 11 is 1.44. The number of halogens is 2. The van der Waals surface area contributed by atoms with Gasteiger partial charge in [-0.25, -0.2) is 8.78 Å². The Bertz CT molecular complexity index is 602. The van der Waals surface area contributed by atoms with Crippen molar-refractivity contribution in [2.24, 2.45) is 5.92 Å². The summed E-state index contributed by atoms with van der Waals surface area (Å²) in [5.41, 5.74) is 1.09. The predicted molar refractivity (Wildman–Crippen MR) is 82.3 cm³/mol. The third-order valence-corrected chi connectivity index (χ3v) is 4.43. The highest BCUT2D eigenvalue weighted by Gasteiger charge is 2.17. The van der Waals surface area contributed by atoms with Crippen molar-refractivity contribution in [2.45, 2.75) is 46.7 Å². The van der Waals surface area contributed by atoms with Crippen LogP contribution in [0.2, 0.25) is 0 Å². The molecule has 0 spiro atoms. The number of hydrogen-bond donors (Lipinski definition) is 1. The summed E-state index contributed by atoms with van der Waals surface area (Å²) in [4.78, 5) is 1.12. The number of hydrogen-bond acceptors (Lipinski definition) is 2.